The molecule has 1 atom stereocenters. The van der Waals surface area contributed by atoms with E-state index in [1.165, 1.54) is 0 Å². The fraction of sp³-hybridized carbons (Fsp3) is 0.375. The van der Waals surface area contributed by atoms with Crippen LogP contribution in [0, 0.1) is 18.8 Å². The predicted octanol–water partition coefficient (Wildman–Crippen LogP) is 4.53. The number of nitrogens with zero attached hydrogens (tertiary/aromatic N) is 2. The summed E-state index contributed by atoms with van der Waals surface area (Å²) in [5, 5.41) is 3.55. The SMILES string of the molecule is Cc1ccc(N2C[C@@H](C(=O)N3CCC(C(=O)Nc4cccc(Cl)c4Cl)CC3)CC2=O)cc1. The Morgan fingerprint density at radius 3 is 2.38 bits per heavy atom. The molecule has 6 nitrogen and oxygen atoms in total. The molecule has 3 amide bonds. The third kappa shape index (κ3) is 4.76. The number of carbonyl (C=O) groups excluding carboxylic acids is 3. The van der Waals surface area contributed by atoms with Crippen LogP contribution in [-0.2, 0) is 14.4 Å². The van der Waals surface area contributed by atoms with E-state index in [1.54, 1.807) is 28.0 Å². The summed E-state index contributed by atoms with van der Waals surface area (Å²) in [5.74, 6) is -0.713. The van der Waals surface area contributed by atoms with Gasteiger partial charge in [-0.05, 0) is 44.0 Å². The maximum Gasteiger partial charge on any atom is 0.228 e. The van der Waals surface area contributed by atoms with Crippen molar-refractivity contribution in [1.29, 1.82) is 0 Å². The molecule has 2 aliphatic heterocycles. The maximum absolute atomic E-state index is 13.0. The highest BCUT2D eigenvalue weighted by Gasteiger charge is 2.38. The van der Waals surface area contributed by atoms with Crippen molar-refractivity contribution in [2.45, 2.75) is 26.2 Å². The first-order valence-corrected chi connectivity index (χ1v) is 11.5. The van der Waals surface area contributed by atoms with E-state index in [9.17, 15) is 14.4 Å². The number of anilines is 2. The number of aryl methyl sites for hydroxylation is 1. The van der Waals surface area contributed by atoms with E-state index in [0.717, 1.165) is 11.3 Å². The standard InChI is InChI=1S/C24H25Cl2N3O3/c1-15-5-7-18(8-6-15)29-14-17(13-21(29)30)24(32)28-11-9-16(10-12-28)23(31)27-20-4-2-3-19(25)22(20)26/h2-8,16-17H,9-14H2,1H3,(H,27,31)/t17-/m0/s1. The van der Waals surface area contributed by atoms with E-state index in [2.05, 4.69) is 5.32 Å². The van der Waals surface area contributed by atoms with Crippen LogP contribution in [0.25, 0.3) is 0 Å². The highest BCUT2D eigenvalue weighted by Crippen LogP contribution is 2.31. The summed E-state index contributed by atoms with van der Waals surface area (Å²) in [4.78, 5) is 41.7. The summed E-state index contributed by atoms with van der Waals surface area (Å²) in [6, 6.07) is 12.9. The summed E-state index contributed by atoms with van der Waals surface area (Å²) in [6.45, 7) is 3.38. The second-order valence-electron chi connectivity index (χ2n) is 8.43. The number of carbonyl (C=O) groups is 3. The molecule has 0 saturated carbocycles. The van der Waals surface area contributed by atoms with Gasteiger partial charge in [-0.3, -0.25) is 14.4 Å². The minimum Gasteiger partial charge on any atom is -0.342 e. The number of hydrogen-bond acceptors (Lipinski definition) is 3. The van der Waals surface area contributed by atoms with E-state index >= 15 is 0 Å². The van der Waals surface area contributed by atoms with Gasteiger partial charge in [-0.1, -0.05) is 47.0 Å². The summed E-state index contributed by atoms with van der Waals surface area (Å²) in [6.07, 6.45) is 1.36. The smallest absolute Gasteiger partial charge is 0.228 e. The van der Waals surface area contributed by atoms with Gasteiger partial charge < -0.3 is 15.1 Å². The summed E-state index contributed by atoms with van der Waals surface area (Å²) in [7, 11) is 0. The number of amides is 3. The Bertz CT molecular complexity index is 1030. The van der Waals surface area contributed by atoms with Gasteiger partial charge in [-0.2, -0.15) is 0 Å². The molecule has 0 spiro atoms. The van der Waals surface area contributed by atoms with Crippen molar-refractivity contribution in [2.24, 2.45) is 11.8 Å². The van der Waals surface area contributed by atoms with Crippen molar-refractivity contribution >= 4 is 52.3 Å². The van der Waals surface area contributed by atoms with Gasteiger partial charge in [-0.25, -0.2) is 0 Å². The van der Waals surface area contributed by atoms with Gasteiger partial charge >= 0.3 is 0 Å². The Labute approximate surface area is 197 Å². The number of rotatable bonds is 4. The van der Waals surface area contributed by atoms with Crippen molar-refractivity contribution in [2.75, 3.05) is 29.9 Å². The van der Waals surface area contributed by atoms with Crippen molar-refractivity contribution in [3.05, 3.63) is 58.1 Å². The molecule has 8 heteroatoms. The van der Waals surface area contributed by atoms with Gasteiger partial charge in [0.2, 0.25) is 17.7 Å². The number of hydrogen-bond donors (Lipinski definition) is 1. The molecule has 0 aliphatic carbocycles. The minimum atomic E-state index is -0.348. The van der Waals surface area contributed by atoms with Crippen LogP contribution in [0.15, 0.2) is 42.5 Å². The lowest BCUT2D eigenvalue weighted by molar-refractivity contribution is -0.138. The Morgan fingerprint density at radius 1 is 1.00 bits per heavy atom. The Morgan fingerprint density at radius 2 is 1.69 bits per heavy atom. The Kier molecular flexibility index (Phi) is 6.72. The van der Waals surface area contributed by atoms with Gasteiger partial charge in [0.25, 0.3) is 0 Å². The van der Waals surface area contributed by atoms with E-state index in [-0.39, 0.29) is 36.0 Å². The first-order chi connectivity index (χ1) is 15.3. The predicted molar refractivity (Wildman–Crippen MR) is 126 cm³/mol. The molecule has 2 heterocycles. The lowest BCUT2D eigenvalue weighted by Gasteiger charge is -2.33. The van der Waals surface area contributed by atoms with Crippen molar-refractivity contribution < 1.29 is 14.4 Å². The van der Waals surface area contributed by atoms with Crippen molar-refractivity contribution in [1.82, 2.24) is 4.90 Å². The van der Waals surface area contributed by atoms with Crippen LogP contribution in [0.5, 0.6) is 0 Å². The number of piperidine rings is 1. The van der Waals surface area contributed by atoms with E-state index in [0.29, 0.717) is 48.2 Å². The van der Waals surface area contributed by atoms with Gasteiger partial charge in [0.15, 0.2) is 0 Å². The molecule has 1 N–H and O–H groups in total. The first-order valence-electron chi connectivity index (χ1n) is 10.7. The molecular formula is C24H25Cl2N3O3. The summed E-state index contributed by atoms with van der Waals surface area (Å²) in [5.41, 5.74) is 2.44. The van der Waals surface area contributed by atoms with Crippen LogP contribution in [0.1, 0.15) is 24.8 Å². The summed E-state index contributed by atoms with van der Waals surface area (Å²) >= 11 is 12.2. The molecule has 0 radical (unpaired) electrons. The topological polar surface area (TPSA) is 69.7 Å². The number of benzene rings is 2. The molecule has 2 saturated heterocycles. The number of likely N-dealkylation sites (tertiary alicyclic amines) is 1. The second-order valence-corrected chi connectivity index (χ2v) is 9.22. The van der Waals surface area contributed by atoms with E-state index < -0.39 is 0 Å². The Balaban J connectivity index is 1.31. The zero-order valence-corrected chi connectivity index (χ0v) is 19.3. The molecule has 32 heavy (non-hydrogen) atoms. The van der Waals surface area contributed by atoms with Crippen LogP contribution in [0.3, 0.4) is 0 Å². The highest BCUT2D eigenvalue weighted by atomic mass is 35.5. The largest absolute Gasteiger partial charge is 0.342 e. The first kappa shape index (κ1) is 22.6. The van der Waals surface area contributed by atoms with Crippen molar-refractivity contribution in [3.8, 4) is 0 Å². The normalized spacial score (nSPS) is 19.3. The third-order valence-electron chi connectivity index (χ3n) is 6.21. The molecule has 0 bridgehead atoms. The van der Waals surface area contributed by atoms with Crippen LogP contribution >= 0.6 is 23.2 Å². The average molecular weight is 474 g/mol. The van der Waals surface area contributed by atoms with Crippen LogP contribution < -0.4 is 10.2 Å². The summed E-state index contributed by atoms with van der Waals surface area (Å²) < 4.78 is 0. The molecular weight excluding hydrogens is 449 g/mol. The zero-order valence-electron chi connectivity index (χ0n) is 17.8. The molecule has 2 aromatic rings. The number of halogens is 2. The van der Waals surface area contributed by atoms with E-state index in [1.807, 2.05) is 31.2 Å². The third-order valence-corrected chi connectivity index (χ3v) is 7.03. The molecule has 0 unspecified atom stereocenters. The average Bonchev–Trinajstić information content (AvgIpc) is 3.18. The fourth-order valence-corrected chi connectivity index (χ4v) is 4.65. The molecule has 2 aromatic carbocycles. The monoisotopic (exact) mass is 473 g/mol. The van der Waals surface area contributed by atoms with Gasteiger partial charge in [0.05, 0.1) is 21.7 Å². The molecule has 2 fully saturated rings. The van der Waals surface area contributed by atoms with Gasteiger partial charge in [-0.15, -0.1) is 0 Å². The van der Waals surface area contributed by atoms with Crippen LogP contribution in [-0.4, -0.2) is 42.3 Å². The van der Waals surface area contributed by atoms with Gasteiger partial charge in [0, 0.05) is 37.7 Å². The fourth-order valence-electron chi connectivity index (χ4n) is 4.30. The molecule has 4 rings (SSSR count). The number of nitrogens with one attached hydrogen (secondary N) is 1. The quantitative estimate of drug-likeness (QED) is 0.708. The molecule has 0 aromatic heterocycles. The molecule has 2 aliphatic rings. The van der Waals surface area contributed by atoms with Crippen LogP contribution in [0.4, 0.5) is 11.4 Å². The highest BCUT2D eigenvalue weighted by molar-refractivity contribution is 6.44. The van der Waals surface area contributed by atoms with Crippen LogP contribution in [0.2, 0.25) is 10.0 Å². The lowest BCUT2D eigenvalue weighted by atomic mass is 9.94. The van der Waals surface area contributed by atoms with E-state index in [4.69, 9.17) is 23.2 Å². The minimum absolute atomic E-state index is 0.00953. The zero-order chi connectivity index (χ0) is 22.8. The lowest BCUT2D eigenvalue weighted by Crippen LogP contribution is -2.44. The Hall–Kier alpha value is -2.57. The van der Waals surface area contributed by atoms with Crippen molar-refractivity contribution in [3.63, 3.8) is 0 Å². The second kappa shape index (κ2) is 9.51. The molecule has 168 valence electrons. The maximum atomic E-state index is 13.0. The van der Waals surface area contributed by atoms with Gasteiger partial charge in [0.1, 0.15) is 0 Å².